The van der Waals surface area contributed by atoms with Gasteiger partial charge in [0.05, 0.1) is 6.42 Å². The van der Waals surface area contributed by atoms with Crippen LogP contribution in [0.1, 0.15) is 12.0 Å². The van der Waals surface area contributed by atoms with Crippen molar-refractivity contribution < 1.29 is 9.90 Å². The third kappa shape index (κ3) is 8.50. The minimum Gasteiger partial charge on any atom is -0.481 e. The Kier molecular flexibility index (Phi) is 7.69. The van der Waals surface area contributed by atoms with E-state index < -0.39 is 5.97 Å². The van der Waals surface area contributed by atoms with Crippen molar-refractivity contribution in [2.24, 2.45) is 0 Å². The molecule has 0 aliphatic heterocycles. The molecule has 1 aromatic carbocycles. The number of hydrogen-bond donors (Lipinski definition) is 1. The molecule has 0 atom stereocenters. The van der Waals surface area contributed by atoms with Crippen LogP contribution in [0, 0.1) is 0 Å². The lowest BCUT2D eigenvalue weighted by molar-refractivity contribution is -0.135. The minimum atomic E-state index is -0.829. The van der Waals surface area contributed by atoms with E-state index in [0.717, 1.165) is 6.42 Å². The molecule has 0 aliphatic rings. The first-order chi connectivity index (χ1) is 7.20. The van der Waals surface area contributed by atoms with Crippen LogP contribution in [-0.4, -0.2) is 11.1 Å². The Bertz CT molecular complexity index is 302. The molecular weight excluding hydrogens is 188 g/mol. The molecule has 0 amide bonds. The van der Waals surface area contributed by atoms with Crippen LogP contribution >= 0.6 is 0 Å². The third-order valence-electron chi connectivity index (χ3n) is 1.54. The van der Waals surface area contributed by atoms with Gasteiger partial charge in [-0.25, -0.2) is 0 Å². The molecule has 0 saturated carbocycles. The lowest BCUT2D eigenvalue weighted by Gasteiger charge is -1.91. The normalized spacial score (nSPS) is 8.27. The summed E-state index contributed by atoms with van der Waals surface area (Å²) in [5.74, 6) is -0.829. The summed E-state index contributed by atoms with van der Waals surface area (Å²) in [6.45, 7) is 6.88. The van der Waals surface area contributed by atoms with E-state index >= 15 is 0 Å². The molecule has 80 valence electrons. The molecule has 0 radical (unpaired) electrons. The van der Waals surface area contributed by atoms with Gasteiger partial charge in [-0.1, -0.05) is 42.5 Å². The number of hydrogen-bond acceptors (Lipinski definition) is 1. The predicted octanol–water partition coefficient (Wildman–Crippen LogP) is 3.06. The molecule has 0 unspecified atom stereocenters. The molecule has 0 saturated heterocycles. The summed E-state index contributed by atoms with van der Waals surface area (Å²) in [7, 11) is 0. The summed E-state index contributed by atoms with van der Waals surface area (Å²) in [6, 6.07) is 10.3. The predicted molar refractivity (Wildman–Crippen MR) is 62.8 cm³/mol. The second-order valence-electron chi connectivity index (χ2n) is 2.86. The summed E-state index contributed by atoms with van der Waals surface area (Å²) >= 11 is 0. The fourth-order valence-corrected chi connectivity index (χ4v) is 0.904. The van der Waals surface area contributed by atoms with Gasteiger partial charge in [0.1, 0.15) is 0 Å². The van der Waals surface area contributed by atoms with Gasteiger partial charge in [0.2, 0.25) is 0 Å². The van der Waals surface area contributed by atoms with E-state index in [4.69, 9.17) is 5.11 Å². The molecule has 0 spiro atoms. The van der Waals surface area contributed by atoms with Gasteiger partial charge in [-0.15, -0.1) is 13.2 Å². The van der Waals surface area contributed by atoms with Gasteiger partial charge in [0.25, 0.3) is 0 Å². The van der Waals surface area contributed by atoms with Crippen LogP contribution in [0.25, 0.3) is 0 Å². The first-order valence-corrected chi connectivity index (χ1v) is 4.68. The summed E-state index contributed by atoms with van der Waals surface area (Å²) in [5.41, 5.74) is 1.33. The number of allylic oxidation sites excluding steroid dienone is 1. The topological polar surface area (TPSA) is 37.3 Å². The maximum absolute atomic E-state index is 9.53. The highest BCUT2D eigenvalue weighted by Crippen LogP contribution is 1.98. The molecule has 0 fully saturated rings. The van der Waals surface area contributed by atoms with Crippen LogP contribution in [0.15, 0.2) is 55.6 Å². The van der Waals surface area contributed by atoms with Crippen molar-refractivity contribution in [3.05, 3.63) is 61.2 Å². The zero-order chi connectivity index (χ0) is 11.5. The van der Waals surface area contributed by atoms with Crippen molar-refractivity contribution in [1.29, 1.82) is 0 Å². The molecule has 0 bridgehead atoms. The first-order valence-electron chi connectivity index (χ1n) is 4.68. The first kappa shape index (κ1) is 13.2. The highest BCUT2D eigenvalue weighted by atomic mass is 16.4. The lowest BCUT2D eigenvalue weighted by atomic mass is 10.2. The van der Waals surface area contributed by atoms with E-state index in [2.05, 4.69) is 25.3 Å². The SMILES string of the molecule is C=CCC(=O)O.C=CCc1ccccc1. The van der Waals surface area contributed by atoms with Gasteiger partial charge in [-0.05, 0) is 12.0 Å². The molecule has 1 rings (SSSR count). The molecule has 2 nitrogen and oxygen atoms in total. The zero-order valence-electron chi connectivity index (χ0n) is 8.73. The van der Waals surface area contributed by atoms with Crippen molar-refractivity contribution in [2.75, 3.05) is 0 Å². The van der Waals surface area contributed by atoms with Gasteiger partial charge >= 0.3 is 5.97 Å². The van der Waals surface area contributed by atoms with Crippen LogP contribution in [0.4, 0.5) is 0 Å². The van der Waals surface area contributed by atoms with Crippen molar-refractivity contribution in [3.8, 4) is 0 Å². The number of carboxylic acids is 1. The number of benzene rings is 1. The largest absolute Gasteiger partial charge is 0.481 e. The van der Waals surface area contributed by atoms with E-state index in [1.54, 1.807) is 0 Å². The molecule has 0 aromatic heterocycles. The van der Waals surface area contributed by atoms with E-state index in [0.29, 0.717) is 0 Å². The van der Waals surface area contributed by atoms with Gasteiger partial charge in [0.15, 0.2) is 0 Å². The molecule has 15 heavy (non-hydrogen) atoms. The number of rotatable bonds is 4. The smallest absolute Gasteiger partial charge is 0.307 e. The van der Waals surface area contributed by atoms with E-state index in [1.165, 1.54) is 11.6 Å². The standard InChI is InChI=1S/C9H10.C4H6O2/c1-2-6-9-7-4-3-5-8-9;1-2-3-4(5)6/h2-5,7-8H,1,6H2;2H,1,3H2,(H,5,6). The number of carboxylic acid groups (broad SMARTS) is 1. The zero-order valence-corrected chi connectivity index (χ0v) is 8.73. The Morgan fingerprint density at radius 3 is 2.13 bits per heavy atom. The average molecular weight is 204 g/mol. The Morgan fingerprint density at radius 1 is 1.20 bits per heavy atom. The molecule has 2 heteroatoms. The van der Waals surface area contributed by atoms with Gasteiger partial charge in [0, 0.05) is 0 Å². The highest BCUT2D eigenvalue weighted by Gasteiger charge is 1.84. The van der Waals surface area contributed by atoms with E-state index in [9.17, 15) is 4.79 Å². The molecule has 0 heterocycles. The van der Waals surface area contributed by atoms with Crippen molar-refractivity contribution in [3.63, 3.8) is 0 Å². The molecular formula is C13H16O2. The maximum Gasteiger partial charge on any atom is 0.307 e. The third-order valence-corrected chi connectivity index (χ3v) is 1.54. The Morgan fingerprint density at radius 2 is 1.80 bits per heavy atom. The highest BCUT2D eigenvalue weighted by molar-refractivity contribution is 5.68. The summed E-state index contributed by atoms with van der Waals surface area (Å²) < 4.78 is 0. The van der Waals surface area contributed by atoms with E-state index in [-0.39, 0.29) is 6.42 Å². The molecule has 0 aliphatic carbocycles. The van der Waals surface area contributed by atoms with Gasteiger partial charge < -0.3 is 5.11 Å². The Balaban J connectivity index is 0.000000288. The fraction of sp³-hybridized carbons (Fsp3) is 0.154. The maximum atomic E-state index is 9.53. The van der Waals surface area contributed by atoms with Gasteiger partial charge in [-0.2, -0.15) is 0 Å². The Labute approximate surface area is 90.6 Å². The second kappa shape index (κ2) is 8.75. The van der Waals surface area contributed by atoms with Crippen molar-refractivity contribution >= 4 is 5.97 Å². The number of aliphatic carboxylic acids is 1. The summed E-state index contributed by atoms with van der Waals surface area (Å²) in [4.78, 5) is 9.53. The van der Waals surface area contributed by atoms with Crippen molar-refractivity contribution in [1.82, 2.24) is 0 Å². The van der Waals surface area contributed by atoms with Crippen molar-refractivity contribution in [2.45, 2.75) is 12.8 Å². The minimum absolute atomic E-state index is 0.0556. The molecule has 1 aromatic rings. The Hall–Kier alpha value is -1.83. The van der Waals surface area contributed by atoms with Crippen LogP contribution in [0.3, 0.4) is 0 Å². The summed E-state index contributed by atoms with van der Waals surface area (Å²) in [5, 5.41) is 7.84. The van der Waals surface area contributed by atoms with E-state index in [1.807, 2.05) is 24.3 Å². The quantitative estimate of drug-likeness (QED) is 0.765. The van der Waals surface area contributed by atoms with Gasteiger partial charge in [-0.3, -0.25) is 4.79 Å². The van der Waals surface area contributed by atoms with Crippen LogP contribution in [0.2, 0.25) is 0 Å². The average Bonchev–Trinajstić information content (AvgIpc) is 2.20. The monoisotopic (exact) mass is 204 g/mol. The van der Waals surface area contributed by atoms with Crippen LogP contribution < -0.4 is 0 Å². The number of carbonyl (C=O) groups is 1. The molecule has 1 N–H and O–H groups in total. The summed E-state index contributed by atoms with van der Waals surface area (Å²) in [6.07, 6.45) is 4.29. The fourth-order valence-electron chi connectivity index (χ4n) is 0.904. The second-order valence-corrected chi connectivity index (χ2v) is 2.86. The lowest BCUT2D eigenvalue weighted by Crippen LogP contribution is -1.88. The van der Waals surface area contributed by atoms with Crippen LogP contribution in [-0.2, 0) is 11.2 Å². The van der Waals surface area contributed by atoms with Crippen LogP contribution in [0.5, 0.6) is 0 Å².